The fourth-order valence-electron chi connectivity index (χ4n) is 2.04. The summed E-state index contributed by atoms with van der Waals surface area (Å²) in [5.74, 6) is 0.624. The number of hydrogen-bond acceptors (Lipinski definition) is 4. The lowest BCUT2D eigenvalue weighted by atomic mass is 10.2. The number of aromatic nitrogens is 2. The van der Waals surface area contributed by atoms with Crippen LogP contribution in [0.2, 0.25) is 10.0 Å². The van der Waals surface area contributed by atoms with Gasteiger partial charge in [-0.15, -0.1) is 12.4 Å². The van der Waals surface area contributed by atoms with E-state index in [0.717, 1.165) is 29.9 Å². The van der Waals surface area contributed by atoms with E-state index in [0.29, 0.717) is 22.5 Å². The summed E-state index contributed by atoms with van der Waals surface area (Å²) in [6.45, 7) is 2.24. The summed E-state index contributed by atoms with van der Waals surface area (Å²) >= 11 is 11.9. The zero-order valence-corrected chi connectivity index (χ0v) is 12.8. The van der Waals surface area contributed by atoms with Crippen LogP contribution in [0, 0.1) is 0 Å². The zero-order valence-electron chi connectivity index (χ0n) is 10.5. The summed E-state index contributed by atoms with van der Waals surface area (Å²) in [6, 6.07) is 5.45. The third-order valence-corrected chi connectivity index (χ3v) is 3.37. The minimum absolute atomic E-state index is 0. The summed E-state index contributed by atoms with van der Waals surface area (Å²) in [5.41, 5.74) is 3.22. The second kappa shape index (κ2) is 6.59. The first kappa shape index (κ1) is 15.3. The molecule has 2 heterocycles. The van der Waals surface area contributed by atoms with Crippen LogP contribution in [0.15, 0.2) is 24.4 Å². The van der Waals surface area contributed by atoms with Crippen LogP contribution in [0.5, 0.6) is 0 Å². The average molecular weight is 332 g/mol. The SMILES string of the molecule is Cl.Clc1cc(Cl)cc(CNc2ncc3c(n2)CNC3)c1. The molecule has 1 aliphatic rings. The number of benzene rings is 1. The molecule has 0 aliphatic carbocycles. The van der Waals surface area contributed by atoms with Gasteiger partial charge in [0.15, 0.2) is 0 Å². The summed E-state index contributed by atoms with van der Waals surface area (Å²) in [6.07, 6.45) is 1.86. The summed E-state index contributed by atoms with van der Waals surface area (Å²) < 4.78 is 0. The van der Waals surface area contributed by atoms with Crippen LogP contribution in [-0.4, -0.2) is 9.97 Å². The fraction of sp³-hybridized carbons (Fsp3) is 0.231. The van der Waals surface area contributed by atoms with Crippen molar-refractivity contribution in [1.82, 2.24) is 15.3 Å². The molecule has 1 aromatic heterocycles. The van der Waals surface area contributed by atoms with Crippen LogP contribution < -0.4 is 10.6 Å². The summed E-state index contributed by atoms with van der Waals surface area (Å²) in [7, 11) is 0. The van der Waals surface area contributed by atoms with Crippen LogP contribution in [0.1, 0.15) is 16.8 Å². The van der Waals surface area contributed by atoms with E-state index in [9.17, 15) is 0 Å². The molecule has 1 aliphatic heterocycles. The van der Waals surface area contributed by atoms with Crippen LogP contribution in [0.4, 0.5) is 5.95 Å². The number of anilines is 1. The Labute approximate surface area is 133 Å². The maximum atomic E-state index is 5.96. The van der Waals surface area contributed by atoms with Crippen LogP contribution >= 0.6 is 35.6 Å². The standard InChI is InChI=1S/C13H12Cl2N4.ClH/c14-10-1-8(2-11(15)3-10)4-17-13-18-6-9-5-16-7-12(9)19-13;/h1-3,6,16H,4-5,7H2,(H,17,18,19);1H. The molecule has 20 heavy (non-hydrogen) atoms. The lowest BCUT2D eigenvalue weighted by molar-refractivity contribution is 0.757. The van der Waals surface area contributed by atoms with E-state index >= 15 is 0 Å². The highest BCUT2D eigenvalue weighted by Crippen LogP contribution is 2.20. The van der Waals surface area contributed by atoms with Gasteiger partial charge in [-0.2, -0.15) is 0 Å². The van der Waals surface area contributed by atoms with Crippen molar-refractivity contribution in [2.75, 3.05) is 5.32 Å². The molecule has 0 unspecified atom stereocenters. The van der Waals surface area contributed by atoms with Gasteiger partial charge < -0.3 is 10.6 Å². The number of halogens is 3. The Morgan fingerprint density at radius 3 is 2.65 bits per heavy atom. The Kier molecular flexibility index (Phi) is 5.05. The van der Waals surface area contributed by atoms with Gasteiger partial charge in [0.05, 0.1) is 5.69 Å². The van der Waals surface area contributed by atoms with E-state index in [-0.39, 0.29) is 12.4 Å². The van der Waals surface area contributed by atoms with Crippen molar-refractivity contribution in [2.45, 2.75) is 19.6 Å². The molecule has 0 saturated heterocycles. The molecule has 106 valence electrons. The van der Waals surface area contributed by atoms with Crippen molar-refractivity contribution in [3.8, 4) is 0 Å². The fourth-order valence-corrected chi connectivity index (χ4v) is 2.61. The van der Waals surface area contributed by atoms with Gasteiger partial charge in [0.2, 0.25) is 5.95 Å². The van der Waals surface area contributed by atoms with Gasteiger partial charge in [0, 0.05) is 41.4 Å². The van der Waals surface area contributed by atoms with Crippen molar-refractivity contribution in [3.05, 3.63) is 51.3 Å². The summed E-state index contributed by atoms with van der Waals surface area (Å²) in [5, 5.41) is 7.67. The Hall–Kier alpha value is -1.07. The Morgan fingerprint density at radius 2 is 1.90 bits per heavy atom. The molecule has 2 N–H and O–H groups in total. The normalized spacial score (nSPS) is 12.7. The van der Waals surface area contributed by atoms with Crippen molar-refractivity contribution >= 4 is 41.6 Å². The van der Waals surface area contributed by atoms with E-state index in [1.165, 1.54) is 0 Å². The smallest absolute Gasteiger partial charge is 0.223 e. The predicted molar refractivity (Wildman–Crippen MR) is 83.6 cm³/mol. The maximum absolute atomic E-state index is 5.96. The van der Waals surface area contributed by atoms with Crippen molar-refractivity contribution in [1.29, 1.82) is 0 Å². The monoisotopic (exact) mass is 330 g/mol. The zero-order chi connectivity index (χ0) is 13.2. The topological polar surface area (TPSA) is 49.8 Å². The summed E-state index contributed by atoms with van der Waals surface area (Å²) in [4.78, 5) is 8.74. The minimum atomic E-state index is 0. The molecule has 0 spiro atoms. The number of rotatable bonds is 3. The first-order valence-corrected chi connectivity index (χ1v) is 6.70. The minimum Gasteiger partial charge on any atom is -0.350 e. The maximum Gasteiger partial charge on any atom is 0.223 e. The van der Waals surface area contributed by atoms with Crippen molar-refractivity contribution in [3.63, 3.8) is 0 Å². The molecular weight excluding hydrogens is 319 g/mol. The molecule has 0 atom stereocenters. The predicted octanol–water partition coefficient (Wildman–Crippen LogP) is 3.42. The first-order valence-electron chi connectivity index (χ1n) is 5.95. The molecular formula is C13H13Cl3N4. The van der Waals surface area contributed by atoms with Crippen LogP contribution in [0.3, 0.4) is 0 Å². The molecule has 2 aromatic rings. The van der Waals surface area contributed by atoms with Crippen molar-refractivity contribution in [2.24, 2.45) is 0 Å². The average Bonchev–Trinajstić information content (AvgIpc) is 2.82. The highest BCUT2D eigenvalue weighted by atomic mass is 35.5. The lowest BCUT2D eigenvalue weighted by Gasteiger charge is -2.07. The quantitative estimate of drug-likeness (QED) is 0.905. The van der Waals surface area contributed by atoms with Gasteiger partial charge in [-0.25, -0.2) is 9.97 Å². The van der Waals surface area contributed by atoms with E-state index in [2.05, 4.69) is 20.6 Å². The highest BCUT2D eigenvalue weighted by molar-refractivity contribution is 6.34. The van der Waals surface area contributed by atoms with E-state index in [4.69, 9.17) is 23.2 Å². The molecule has 3 rings (SSSR count). The second-order valence-corrected chi connectivity index (χ2v) is 5.27. The van der Waals surface area contributed by atoms with Gasteiger partial charge in [-0.05, 0) is 23.8 Å². The number of nitrogens with zero attached hydrogens (tertiary/aromatic N) is 2. The molecule has 0 bridgehead atoms. The lowest BCUT2D eigenvalue weighted by Crippen LogP contribution is -2.05. The van der Waals surface area contributed by atoms with Crippen LogP contribution in [-0.2, 0) is 19.6 Å². The van der Waals surface area contributed by atoms with E-state index < -0.39 is 0 Å². The van der Waals surface area contributed by atoms with Gasteiger partial charge in [-0.3, -0.25) is 0 Å². The van der Waals surface area contributed by atoms with Gasteiger partial charge in [-0.1, -0.05) is 23.2 Å². The van der Waals surface area contributed by atoms with Crippen LogP contribution in [0.25, 0.3) is 0 Å². The molecule has 0 amide bonds. The third-order valence-electron chi connectivity index (χ3n) is 2.94. The number of fused-ring (bicyclic) bond motifs is 1. The number of nitrogens with one attached hydrogen (secondary N) is 2. The molecule has 0 fully saturated rings. The van der Waals surface area contributed by atoms with Crippen molar-refractivity contribution < 1.29 is 0 Å². The Bertz CT molecular complexity index is 598. The highest BCUT2D eigenvalue weighted by Gasteiger charge is 2.12. The molecule has 0 saturated carbocycles. The molecule has 7 heteroatoms. The number of hydrogen-bond donors (Lipinski definition) is 2. The molecule has 1 aromatic carbocycles. The van der Waals surface area contributed by atoms with Gasteiger partial charge in [0.25, 0.3) is 0 Å². The first-order chi connectivity index (χ1) is 9.20. The molecule has 0 radical (unpaired) electrons. The third kappa shape index (κ3) is 3.52. The van der Waals surface area contributed by atoms with E-state index in [1.54, 1.807) is 6.07 Å². The largest absolute Gasteiger partial charge is 0.350 e. The Morgan fingerprint density at radius 1 is 1.15 bits per heavy atom. The second-order valence-electron chi connectivity index (χ2n) is 4.40. The Balaban J connectivity index is 0.00000147. The van der Waals surface area contributed by atoms with Gasteiger partial charge in [0.1, 0.15) is 0 Å². The van der Waals surface area contributed by atoms with Gasteiger partial charge >= 0.3 is 0 Å². The van der Waals surface area contributed by atoms with E-state index in [1.807, 2.05) is 18.3 Å². The molecule has 4 nitrogen and oxygen atoms in total.